The van der Waals surface area contributed by atoms with Gasteiger partial charge in [0.2, 0.25) is 0 Å². The molecule has 1 unspecified atom stereocenters. The second kappa shape index (κ2) is 52.2. The largest absolute Gasteiger partial charge is 0.790 e. The molecule has 4 nitrogen and oxygen atoms in total. The summed E-state index contributed by atoms with van der Waals surface area (Å²) in [5.74, 6) is 0.317. The highest BCUT2D eigenvalue weighted by Gasteiger charge is 2.04. The summed E-state index contributed by atoms with van der Waals surface area (Å²) in [5.41, 5.74) is 22.5. The Kier molecular flexibility index (Phi) is 49.9. The lowest BCUT2D eigenvalue weighted by molar-refractivity contribution is -0.341. The minimum absolute atomic E-state index is 0.0198. The Labute approximate surface area is 527 Å². The van der Waals surface area contributed by atoms with Crippen LogP contribution in [-0.2, 0) is 9.09 Å². The smallest absolute Gasteiger partial charge is 0.0596 e. The van der Waals surface area contributed by atoms with Crippen LogP contribution >= 0.6 is 7.82 Å². The molecule has 1 atom stereocenters. The summed E-state index contributed by atoms with van der Waals surface area (Å²) < 4.78 is 15.0. The standard InChI is InChI=1S/C80H133O4P/c1-65(2)33-18-34-66(3)35-19-36-67(4)37-20-38-68(5)39-21-40-69(6)41-22-42-70(7)43-23-44-71(8)45-24-46-72(9)47-25-48-73(10)49-26-50-74(11)51-27-52-75(12)53-28-54-76(13)55-29-56-77(14)57-30-58-78(15)59-31-60-79(16)61-32-62-80(17)63-64-84-85(81,82)83/h33,35,37,39,41,43,45,47,49,51,53,55,57,59,61,80H,18-32,34,36,38,40,42,44,46,48,50,52,54,56,58,60,62-64H2,1-17H3,(H2,81,82,83)/p-2/b66-35+,67-37+,68-39-,69-41-,70-43-,71-45-,72-47-,73-49-,74-51-,75-53-,76-55-,77-57-,78-59-,79-61-. The summed E-state index contributed by atoms with van der Waals surface area (Å²) in [6.07, 6.45) is 71.0. The van der Waals surface area contributed by atoms with Gasteiger partial charge in [-0.2, -0.15) is 0 Å². The third kappa shape index (κ3) is 56.5. The van der Waals surface area contributed by atoms with Crippen LogP contribution in [0.5, 0.6) is 0 Å². The SMILES string of the molecule is CC(C)=CCC/C(C)=C/CC/C(C)=C/CC/C(C)=C\CC/C(C)=C\CC/C(C)=C\CC/C(C)=C\CC/C(C)=C\CC/C(C)=C\CC/C(C)=C\CC/C(C)=C\CC/C(C)=C\CC/C(C)=C\CC/C(C)=C\CC/C(C)=C\CCC(C)CCOP(=O)([O-])[O-]. The van der Waals surface area contributed by atoms with Crippen molar-refractivity contribution in [2.45, 2.75) is 317 Å². The van der Waals surface area contributed by atoms with Gasteiger partial charge in [0, 0.05) is 0 Å². The monoisotopic (exact) mass is 1190 g/mol. The summed E-state index contributed by atoms with van der Waals surface area (Å²) in [6, 6.07) is 0. The lowest BCUT2D eigenvalue weighted by Gasteiger charge is -2.29. The molecule has 0 heterocycles. The molecule has 0 N–H and O–H groups in total. The molecule has 0 aliphatic rings. The topological polar surface area (TPSA) is 72.4 Å². The molecule has 85 heavy (non-hydrogen) atoms. The predicted octanol–water partition coefficient (Wildman–Crippen LogP) is 25.8. The molecule has 0 aromatic carbocycles. The molecule has 0 amide bonds. The number of phosphoric acid groups is 1. The van der Waals surface area contributed by atoms with E-state index in [1.807, 2.05) is 0 Å². The molecule has 0 aliphatic heterocycles. The Balaban J connectivity index is 4.32. The molecule has 0 rings (SSSR count). The third-order valence-electron chi connectivity index (χ3n) is 16.5. The summed E-state index contributed by atoms with van der Waals surface area (Å²) in [5, 5.41) is 0. The summed E-state index contributed by atoms with van der Waals surface area (Å²) >= 11 is 0. The molecule has 0 radical (unpaired) electrons. The molecule has 0 spiro atoms. The van der Waals surface area contributed by atoms with E-state index in [0.717, 1.165) is 154 Å². The van der Waals surface area contributed by atoms with Crippen molar-refractivity contribution < 1.29 is 18.9 Å². The van der Waals surface area contributed by atoms with E-state index in [2.05, 4.69) is 213 Å². The fourth-order valence-corrected chi connectivity index (χ4v) is 10.6. The normalized spacial score (nSPS) is 15.4. The van der Waals surface area contributed by atoms with Crippen LogP contribution in [0.15, 0.2) is 175 Å². The highest BCUT2D eigenvalue weighted by molar-refractivity contribution is 7.43. The average Bonchev–Trinajstić information content (AvgIpc) is 3.40. The first-order valence-corrected chi connectivity index (χ1v) is 35.3. The van der Waals surface area contributed by atoms with Gasteiger partial charge in [-0.15, -0.1) is 0 Å². The fourth-order valence-electron chi connectivity index (χ4n) is 10.2. The van der Waals surface area contributed by atoms with E-state index in [4.69, 9.17) is 0 Å². The quantitative estimate of drug-likeness (QED) is 0.0449. The van der Waals surface area contributed by atoms with Crippen molar-refractivity contribution in [3.63, 3.8) is 0 Å². The fraction of sp³-hybridized carbons (Fsp3) is 0.625. The number of allylic oxidation sites excluding steroid dienone is 30. The maximum Gasteiger partial charge on any atom is 0.0596 e. The van der Waals surface area contributed by atoms with Crippen molar-refractivity contribution in [2.24, 2.45) is 5.92 Å². The van der Waals surface area contributed by atoms with Gasteiger partial charge in [-0.05, 0) is 316 Å². The van der Waals surface area contributed by atoms with Crippen LogP contribution in [0.3, 0.4) is 0 Å². The van der Waals surface area contributed by atoms with E-state index in [1.54, 1.807) is 0 Å². The molecular formula is C80H131O4P-2. The molecule has 0 bridgehead atoms. The van der Waals surface area contributed by atoms with Crippen molar-refractivity contribution in [3.05, 3.63) is 175 Å². The third-order valence-corrected chi connectivity index (χ3v) is 17.0. The zero-order chi connectivity index (χ0) is 63.7. The van der Waals surface area contributed by atoms with Crippen molar-refractivity contribution in [1.29, 1.82) is 0 Å². The van der Waals surface area contributed by atoms with Crippen molar-refractivity contribution in [3.8, 4) is 0 Å². The number of rotatable bonds is 49. The Bertz CT molecular complexity index is 2370. The predicted molar refractivity (Wildman–Crippen MR) is 378 cm³/mol. The van der Waals surface area contributed by atoms with E-state index in [-0.39, 0.29) is 6.61 Å². The minimum Gasteiger partial charge on any atom is -0.790 e. The Hall–Kier alpha value is -3.79. The average molecular weight is 1190 g/mol. The molecule has 0 saturated carbocycles. The van der Waals surface area contributed by atoms with E-state index in [0.29, 0.717) is 12.3 Å². The van der Waals surface area contributed by atoms with Gasteiger partial charge in [0.05, 0.1) is 14.4 Å². The Morgan fingerprint density at radius 3 is 0.576 bits per heavy atom. The van der Waals surface area contributed by atoms with Gasteiger partial charge in [-0.1, -0.05) is 182 Å². The van der Waals surface area contributed by atoms with Gasteiger partial charge in [0.15, 0.2) is 0 Å². The number of phosphoric ester groups is 1. The number of hydrogen-bond acceptors (Lipinski definition) is 4. The summed E-state index contributed by atoms with van der Waals surface area (Å²) in [6.45, 7) is 38.5. The zero-order valence-corrected chi connectivity index (χ0v) is 59.3. The van der Waals surface area contributed by atoms with Crippen LogP contribution in [0.1, 0.15) is 317 Å². The highest BCUT2D eigenvalue weighted by Crippen LogP contribution is 2.26. The first kappa shape index (κ1) is 81.2. The van der Waals surface area contributed by atoms with Crippen LogP contribution in [0.2, 0.25) is 0 Å². The Morgan fingerprint density at radius 1 is 0.271 bits per heavy atom. The number of hydrogen-bond donors (Lipinski definition) is 0. The minimum atomic E-state index is -4.86. The van der Waals surface area contributed by atoms with Gasteiger partial charge >= 0.3 is 0 Å². The van der Waals surface area contributed by atoms with Crippen LogP contribution in [-0.4, -0.2) is 6.61 Å². The second-order valence-corrected chi connectivity index (χ2v) is 27.4. The van der Waals surface area contributed by atoms with Gasteiger partial charge in [-0.25, -0.2) is 0 Å². The summed E-state index contributed by atoms with van der Waals surface area (Å²) in [4.78, 5) is 21.2. The van der Waals surface area contributed by atoms with E-state index in [9.17, 15) is 14.4 Å². The van der Waals surface area contributed by atoms with Gasteiger partial charge in [-0.3, -0.25) is 0 Å². The molecule has 0 aromatic rings. The Morgan fingerprint density at radius 2 is 0.424 bits per heavy atom. The van der Waals surface area contributed by atoms with Gasteiger partial charge in [0.1, 0.15) is 0 Å². The van der Waals surface area contributed by atoms with Crippen molar-refractivity contribution in [1.82, 2.24) is 0 Å². The van der Waals surface area contributed by atoms with Crippen LogP contribution in [0.25, 0.3) is 0 Å². The first-order valence-electron chi connectivity index (χ1n) is 33.8. The molecule has 0 aliphatic carbocycles. The molecule has 482 valence electrons. The maximum atomic E-state index is 10.6. The highest BCUT2D eigenvalue weighted by atomic mass is 31.2. The molecule has 0 saturated heterocycles. The first-order chi connectivity index (χ1) is 40.3. The van der Waals surface area contributed by atoms with Gasteiger partial charge < -0.3 is 18.9 Å². The lowest BCUT2D eigenvalue weighted by Crippen LogP contribution is -2.17. The van der Waals surface area contributed by atoms with E-state index in [1.165, 1.54) is 122 Å². The second-order valence-electron chi connectivity index (χ2n) is 26.3. The molecular weight excluding hydrogens is 1060 g/mol. The zero-order valence-electron chi connectivity index (χ0n) is 58.4. The van der Waals surface area contributed by atoms with Crippen LogP contribution in [0.4, 0.5) is 0 Å². The maximum absolute atomic E-state index is 10.6. The molecule has 5 heteroatoms. The van der Waals surface area contributed by atoms with Crippen LogP contribution < -0.4 is 9.79 Å². The molecule has 0 fully saturated rings. The lowest BCUT2D eigenvalue weighted by atomic mass is 10.0. The van der Waals surface area contributed by atoms with Crippen LogP contribution in [0, 0.1) is 5.92 Å². The van der Waals surface area contributed by atoms with Gasteiger partial charge in [0.25, 0.3) is 0 Å². The van der Waals surface area contributed by atoms with Crippen molar-refractivity contribution in [2.75, 3.05) is 6.61 Å². The molecule has 0 aromatic heterocycles. The van der Waals surface area contributed by atoms with E-state index >= 15 is 0 Å². The van der Waals surface area contributed by atoms with E-state index < -0.39 is 7.82 Å². The summed E-state index contributed by atoms with van der Waals surface area (Å²) in [7, 11) is -4.86. The van der Waals surface area contributed by atoms with Crippen molar-refractivity contribution >= 4 is 7.82 Å².